The van der Waals surface area contributed by atoms with Gasteiger partial charge in [0.1, 0.15) is 0 Å². The van der Waals surface area contributed by atoms with Crippen LogP contribution < -0.4 is 5.32 Å². The van der Waals surface area contributed by atoms with Crippen LogP contribution in [0.15, 0.2) is 0 Å². The summed E-state index contributed by atoms with van der Waals surface area (Å²) in [5.41, 5.74) is 0. The first-order chi connectivity index (χ1) is 10.1. The van der Waals surface area contributed by atoms with Crippen LogP contribution in [0.5, 0.6) is 0 Å². The molecule has 0 radical (unpaired) electrons. The first kappa shape index (κ1) is 16.0. The minimum atomic E-state index is -0.927. The number of methoxy groups -OCH3 is 1. The second-order valence-corrected chi connectivity index (χ2v) is 5.73. The second-order valence-electron chi connectivity index (χ2n) is 5.73. The third kappa shape index (κ3) is 4.57. The third-order valence-electron chi connectivity index (χ3n) is 4.17. The Morgan fingerprint density at radius 1 is 1.29 bits per heavy atom. The molecule has 0 bridgehead atoms. The van der Waals surface area contributed by atoms with Crippen LogP contribution in [0, 0.1) is 5.92 Å². The van der Waals surface area contributed by atoms with Gasteiger partial charge in [0.25, 0.3) is 0 Å². The Hall–Kier alpha value is -1.34. The highest BCUT2D eigenvalue weighted by Crippen LogP contribution is 2.20. The Morgan fingerprint density at radius 3 is 2.57 bits per heavy atom. The van der Waals surface area contributed by atoms with Crippen molar-refractivity contribution < 1.29 is 24.2 Å². The van der Waals surface area contributed by atoms with E-state index < -0.39 is 12.1 Å². The zero-order chi connectivity index (χ0) is 15.2. The monoisotopic (exact) mass is 300 g/mol. The molecule has 2 fully saturated rings. The molecule has 0 saturated carbocycles. The Balaban J connectivity index is 1.65. The number of carboxylic acids is 1. The Morgan fingerprint density at radius 2 is 2.00 bits per heavy atom. The van der Waals surface area contributed by atoms with Gasteiger partial charge in [0, 0.05) is 33.4 Å². The van der Waals surface area contributed by atoms with Crippen LogP contribution in [0.3, 0.4) is 0 Å². The van der Waals surface area contributed by atoms with Crippen LogP contribution in [0.4, 0.5) is 4.79 Å². The van der Waals surface area contributed by atoms with Crippen LogP contribution in [-0.2, 0) is 14.3 Å². The van der Waals surface area contributed by atoms with Gasteiger partial charge in [-0.05, 0) is 31.6 Å². The Kier molecular flexibility index (Phi) is 5.81. The molecule has 2 saturated heterocycles. The summed E-state index contributed by atoms with van der Waals surface area (Å²) in [6.45, 7) is 2.61. The van der Waals surface area contributed by atoms with E-state index >= 15 is 0 Å². The van der Waals surface area contributed by atoms with Crippen molar-refractivity contribution in [3.8, 4) is 0 Å². The third-order valence-corrected chi connectivity index (χ3v) is 4.17. The van der Waals surface area contributed by atoms with E-state index in [-0.39, 0.29) is 12.1 Å². The van der Waals surface area contributed by atoms with E-state index in [0.717, 1.165) is 32.5 Å². The van der Waals surface area contributed by atoms with Crippen molar-refractivity contribution >= 4 is 12.0 Å². The lowest BCUT2D eigenvalue weighted by atomic mass is 9.98. The first-order valence-corrected chi connectivity index (χ1v) is 7.50. The maximum absolute atomic E-state index is 12.0. The smallest absolute Gasteiger partial charge is 0.332 e. The standard InChI is InChI=1S/C14H24N2O5/c1-20-9-10-4-6-16(7-5-10)14(19)15-8-11-2-3-12(21-11)13(17)18/h10-12H,2-9H2,1H3,(H,15,19)(H,17,18). The fourth-order valence-corrected chi connectivity index (χ4v) is 2.89. The minimum absolute atomic E-state index is 0.0896. The lowest BCUT2D eigenvalue weighted by Gasteiger charge is -2.31. The quantitative estimate of drug-likeness (QED) is 0.780. The maximum Gasteiger partial charge on any atom is 0.332 e. The lowest BCUT2D eigenvalue weighted by Crippen LogP contribution is -2.46. The summed E-state index contributed by atoms with van der Waals surface area (Å²) in [4.78, 5) is 24.6. The van der Waals surface area contributed by atoms with Gasteiger partial charge in [-0.15, -0.1) is 0 Å². The van der Waals surface area contributed by atoms with Crippen LogP contribution in [-0.4, -0.2) is 67.6 Å². The number of nitrogens with zero attached hydrogens (tertiary/aromatic N) is 1. The van der Waals surface area contributed by atoms with E-state index in [0.29, 0.717) is 25.3 Å². The van der Waals surface area contributed by atoms with Gasteiger partial charge in [0.2, 0.25) is 0 Å². The number of nitrogens with one attached hydrogen (secondary N) is 1. The molecule has 7 nitrogen and oxygen atoms in total. The number of ether oxygens (including phenoxy) is 2. The second kappa shape index (κ2) is 7.61. The number of carbonyl (C=O) groups is 2. The number of amides is 2. The fraction of sp³-hybridized carbons (Fsp3) is 0.857. The molecule has 2 unspecified atom stereocenters. The lowest BCUT2D eigenvalue weighted by molar-refractivity contribution is -0.149. The van der Waals surface area contributed by atoms with E-state index in [2.05, 4.69) is 5.32 Å². The number of rotatable bonds is 5. The van der Waals surface area contributed by atoms with Gasteiger partial charge in [0.05, 0.1) is 6.10 Å². The molecule has 2 aliphatic rings. The molecule has 0 aromatic heterocycles. The number of carbonyl (C=O) groups excluding carboxylic acids is 1. The maximum atomic E-state index is 12.0. The molecule has 21 heavy (non-hydrogen) atoms. The van der Waals surface area contributed by atoms with Crippen LogP contribution in [0.1, 0.15) is 25.7 Å². The molecule has 0 aromatic rings. The summed E-state index contributed by atoms with van der Waals surface area (Å²) in [5.74, 6) is -0.391. The number of carboxylic acid groups (broad SMARTS) is 1. The molecule has 2 N–H and O–H groups in total. The molecule has 2 atom stereocenters. The highest BCUT2D eigenvalue weighted by Gasteiger charge is 2.31. The van der Waals surface area contributed by atoms with Crippen molar-refractivity contribution in [2.24, 2.45) is 5.92 Å². The molecular weight excluding hydrogens is 276 g/mol. The van der Waals surface area contributed by atoms with Crippen LogP contribution >= 0.6 is 0 Å². The topological polar surface area (TPSA) is 88.1 Å². The fourth-order valence-electron chi connectivity index (χ4n) is 2.89. The summed E-state index contributed by atoms with van der Waals surface area (Å²) in [6, 6.07) is -0.0896. The predicted molar refractivity (Wildman–Crippen MR) is 75.1 cm³/mol. The van der Waals surface area contributed by atoms with E-state index in [9.17, 15) is 9.59 Å². The largest absolute Gasteiger partial charge is 0.479 e. The minimum Gasteiger partial charge on any atom is -0.479 e. The zero-order valence-electron chi connectivity index (χ0n) is 12.4. The summed E-state index contributed by atoms with van der Waals surface area (Å²) in [6.07, 6.45) is 2.19. The molecule has 2 amide bonds. The van der Waals surface area contributed by atoms with Crippen molar-refractivity contribution in [3.63, 3.8) is 0 Å². The van der Waals surface area contributed by atoms with Gasteiger partial charge >= 0.3 is 12.0 Å². The molecule has 0 spiro atoms. The van der Waals surface area contributed by atoms with Gasteiger partial charge in [-0.3, -0.25) is 0 Å². The van der Waals surface area contributed by atoms with Crippen molar-refractivity contribution in [2.45, 2.75) is 37.9 Å². The molecule has 7 heteroatoms. The Labute approximate surface area is 124 Å². The van der Waals surface area contributed by atoms with E-state index in [4.69, 9.17) is 14.6 Å². The average molecular weight is 300 g/mol. The van der Waals surface area contributed by atoms with Gasteiger partial charge in [-0.1, -0.05) is 0 Å². The number of likely N-dealkylation sites (tertiary alicyclic amines) is 1. The molecule has 2 rings (SSSR count). The Bertz CT molecular complexity index is 368. The molecule has 0 aliphatic carbocycles. The van der Waals surface area contributed by atoms with Crippen LogP contribution in [0.2, 0.25) is 0 Å². The number of aliphatic carboxylic acids is 1. The first-order valence-electron chi connectivity index (χ1n) is 7.50. The van der Waals surface area contributed by atoms with Crippen molar-refractivity contribution in [2.75, 3.05) is 33.4 Å². The summed E-state index contributed by atoms with van der Waals surface area (Å²) in [5, 5.41) is 11.7. The summed E-state index contributed by atoms with van der Waals surface area (Å²) < 4.78 is 10.5. The normalized spacial score (nSPS) is 26.8. The number of hydrogen-bond acceptors (Lipinski definition) is 4. The zero-order valence-corrected chi connectivity index (χ0v) is 12.4. The summed E-state index contributed by atoms with van der Waals surface area (Å²) in [7, 11) is 1.70. The number of hydrogen-bond donors (Lipinski definition) is 2. The summed E-state index contributed by atoms with van der Waals surface area (Å²) >= 11 is 0. The number of piperidine rings is 1. The number of urea groups is 1. The molecule has 0 aromatic carbocycles. The van der Waals surface area contributed by atoms with E-state index in [1.54, 1.807) is 12.0 Å². The average Bonchev–Trinajstić information content (AvgIpc) is 2.95. The van der Waals surface area contributed by atoms with Crippen LogP contribution in [0.25, 0.3) is 0 Å². The molecular formula is C14H24N2O5. The van der Waals surface area contributed by atoms with Crippen molar-refractivity contribution in [3.05, 3.63) is 0 Å². The highest BCUT2D eigenvalue weighted by atomic mass is 16.5. The van der Waals surface area contributed by atoms with Gasteiger partial charge in [-0.2, -0.15) is 0 Å². The van der Waals surface area contributed by atoms with Crippen molar-refractivity contribution in [1.29, 1.82) is 0 Å². The molecule has 2 aliphatic heterocycles. The van der Waals surface area contributed by atoms with Gasteiger partial charge < -0.3 is 24.8 Å². The van der Waals surface area contributed by atoms with Gasteiger partial charge in [-0.25, -0.2) is 9.59 Å². The van der Waals surface area contributed by atoms with E-state index in [1.807, 2.05) is 0 Å². The van der Waals surface area contributed by atoms with Gasteiger partial charge in [0.15, 0.2) is 6.10 Å². The van der Waals surface area contributed by atoms with Crippen molar-refractivity contribution in [1.82, 2.24) is 10.2 Å². The SMILES string of the molecule is COCC1CCN(C(=O)NCC2CCC(C(=O)O)O2)CC1. The predicted octanol–water partition coefficient (Wildman–Crippen LogP) is 0.687. The molecule has 2 heterocycles. The van der Waals surface area contributed by atoms with E-state index in [1.165, 1.54) is 0 Å². The molecule has 120 valence electrons. The highest BCUT2D eigenvalue weighted by molar-refractivity contribution is 5.74.